The first kappa shape index (κ1) is 15.2. The molecule has 0 radical (unpaired) electrons. The van der Waals surface area contributed by atoms with Crippen LogP contribution < -0.4 is 0 Å². The van der Waals surface area contributed by atoms with Crippen molar-refractivity contribution >= 4 is 17.2 Å². The zero-order valence-corrected chi connectivity index (χ0v) is 13.2. The van der Waals surface area contributed by atoms with E-state index in [0.717, 1.165) is 16.0 Å². The van der Waals surface area contributed by atoms with Gasteiger partial charge in [0.15, 0.2) is 0 Å². The zero-order chi connectivity index (χ0) is 15.5. The van der Waals surface area contributed by atoms with Crippen molar-refractivity contribution in [2.45, 2.75) is 19.4 Å². The summed E-state index contributed by atoms with van der Waals surface area (Å²) in [5.74, 6) is -0.171. The van der Waals surface area contributed by atoms with Gasteiger partial charge in [0.05, 0.1) is 17.6 Å². The van der Waals surface area contributed by atoms with Crippen LogP contribution in [0, 0.1) is 12.7 Å². The predicted molar refractivity (Wildman–Crippen MR) is 84.8 cm³/mol. The molecule has 1 aromatic carbocycles. The molecule has 2 aromatic rings. The van der Waals surface area contributed by atoms with Crippen LogP contribution in [0.3, 0.4) is 0 Å². The molecule has 0 bridgehead atoms. The summed E-state index contributed by atoms with van der Waals surface area (Å²) in [5, 5.41) is 1.94. The summed E-state index contributed by atoms with van der Waals surface area (Å²) in [6.45, 7) is 3.63. The molecule has 1 aliphatic rings. The molecule has 3 nitrogen and oxygen atoms in total. The van der Waals surface area contributed by atoms with Crippen molar-refractivity contribution < 1.29 is 13.9 Å². The maximum absolute atomic E-state index is 13.3. The smallest absolute Gasteiger partial charge is 0.264 e. The van der Waals surface area contributed by atoms with Crippen molar-refractivity contribution in [1.82, 2.24) is 4.90 Å². The van der Waals surface area contributed by atoms with Crippen molar-refractivity contribution in [3.05, 3.63) is 57.5 Å². The molecule has 0 aliphatic carbocycles. The number of rotatable bonds is 3. The Kier molecular flexibility index (Phi) is 4.55. The normalized spacial score (nSPS) is 18.5. The van der Waals surface area contributed by atoms with Crippen LogP contribution in [0.5, 0.6) is 0 Å². The van der Waals surface area contributed by atoms with Crippen molar-refractivity contribution in [3.63, 3.8) is 0 Å². The van der Waals surface area contributed by atoms with Gasteiger partial charge in [-0.1, -0.05) is 12.1 Å². The number of ether oxygens (including phenoxy) is 1. The van der Waals surface area contributed by atoms with Gasteiger partial charge in [-0.25, -0.2) is 4.39 Å². The molecule has 116 valence electrons. The SMILES string of the molecule is Cc1ccsc1C(=O)N1CCOC(Cc2cccc(F)c2)C1. The van der Waals surface area contributed by atoms with Crippen LogP contribution in [0.2, 0.25) is 0 Å². The minimum Gasteiger partial charge on any atom is -0.374 e. The number of carbonyl (C=O) groups is 1. The number of thiophene rings is 1. The number of halogens is 1. The van der Waals surface area contributed by atoms with Crippen LogP contribution in [-0.2, 0) is 11.2 Å². The summed E-state index contributed by atoms with van der Waals surface area (Å²) in [6.07, 6.45) is 0.532. The van der Waals surface area contributed by atoms with Crippen LogP contribution in [-0.4, -0.2) is 36.6 Å². The van der Waals surface area contributed by atoms with E-state index in [-0.39, 0.29) is 17.8 Å². The lowest BCUT2D eigenvalue weighted by Gasteiger charge is -2.33. The van der Waals surface area contributed by atoms with Gasteiger partial charge in [0.2, 0.25) is 0 Å². The molecular formula is C17H18FNO2S. The van der Waals surface area contributed by atoms with E-state index in [0.29, 0.717) is 26.1 Å². The van der Waals surface area contributed by atoms with Gasteiger partial charge in [-0.15, -0.1) is 11.3 Å². The van der Waals surface area contributed by atoms with Gasteiger partial charge in [-0.3, -0.25) is 4.79 Å². The number of benzene rings is 1. The van der Waals surface area contributed by atoms with Gasteiger partial charge < -0.3 is 9.64 Å². The maximum atomic E-state index is 13.3. The minimum atomic E-state index is -0.240. The number of hydrogen-bond donors (Lipinski definition) is 0. The Balaban J connectivity index is 1.67. The Bertz CT molecular complexity index is 670. The summed E-state index contributed by atoms with van der Waals surface area (Å²) < 4.78 is 19.0. The van der Waals surface area contributed by atoms with Gasteiger partial charge in [0, 0.05) is 19.5 Å². The molecule has 0 spiro atoms. The summed E-state index contributed by atoms with van der Waals surface area (Å²) in [6, 6.07) is 8.50. The quantitative estimate of drug-likeness (QED) is 0.869. The van der Waals surface area contributed by atoms with Crippen molar-refractivity contribution in [3.8, 4) is 0 Å². The van der Waals surface area contributed by atoms with Crippen LogP contribution in [0.25, 0.3) is 0 Å². The molecule has 0 N–H and O–H groups in total. The highest BCUT2D eigenvalue weighted by Gasteiger charge is 2.26. The highest BCUT2D eigenvalue weighted by atomic mass is 32.1. The van der Waals surface area contributed by atoms with E-state index in [1.54, 1.807) is 6.07 Å². The van der Waals surface area contributed by atoms with Crippen LogP contribution in [0.4, 0.5) is 4.39 Å². The van der Waals surface area contributed by atoms with Crippen molar-refractivity contribution in [2.24, 2.45) is 0 Å². The third-order valence-corrected chi connectivity index (χ3v) is 4.84. The van der Waals surface area contributed by atoms with Crippen LogP contribution in [0.1, 0.15) is 20.8 Å². The predicted octanol–water partition coefficient (Wildman–Crippen LogP) is 3.28. The number of nitrogens with zero attached hydrogens (tertiary/aromatic N) is 1. The average molecular weight is 319 g/mol. The molecule has 5 heteroatoms. The van der Waals surface area contributed by atoms with Gasteiger partial charge in [0.25, 0.3) is 5.91 Å². The second kappa shape index (κ2) is 6.58. The van der Waals surface area contributed by atoms with E-state index in [9.17, 15) is 9.18 Å². The van der Waals surface area contributed by atoms with Gasteiger partial charge >= 0.3 is 0 Å². The van der Waals surface area contributed by atoms with Crippen molar-refractivity contribution in [2.75, 3.05) is 19.7 Å². The highest BCUT2D eigenvalue weighted by molar-refractivity contribution is 7.12. The first-order chi connectivity index (χ1) is 10.6. The Hall–Kier alpha value is -1.72. The molecule has 3 rings (SSSR count). The summed E-state index contributed by atoms with van der Waals surface area (Å²) >= 11 is 1.48. The van der Waals surface area contributed by atoms with E-state index >= 15 is 0 Å². The molecule has 2 heterocycles. The highest BCUT2D eigenvalue weighted by Crippen LogP contribution is 2.20. The fourth-order valence-electron chi connectivity index (χ4n) is 2.69. The number of carbonyl (C=O) groups excluding carboxylic acids is 1. The van der Waals surface area contributed by atoms with Gasteiger partial charge in [-0.05, 0) is 41.6 Å². The Labute approximate surface area is 133 Å². The first-order valence-corrected chi connectivity index (χ1v) is 8.21. The molecule has 1 aromatic heterocycles. The Morgan fingerprint density at radius 1 is 1.45 bits per heavy atom. The fraction of sp³-hybridized carbons (Fsp3) is 0.353. The maximum Gasteiger partial charge on any atom is 0.264 e. The van der Waals surface area contributed by atoms with E-state index in [1.165, 1.54) is 23.5 Å². The lowest BCUT2D eigenvalue weighted by molar-refractivity contribution is -0.0207. The van der Waals surface area contributed by atoms with Crippen molar-refractivity contribution in [1.29, 1.82) is 0 Å². The number of aryl methyl sites for hydroxylation is 1. The number of amides is 1. The summed E-state index contributed by atoms with van der Waals surface area (Å²) in [5.41, 5.74) is 1.91. The lowest BCUT2D eigenvalue weighted by atomic mass is 10.1. The van der Waals surface area contributed by atoms with Gasteiger partial charge in [0.1, 0.15) is 5.82 Å². The molecule has 1 aliphatic heterocycles. The molecule has 1 fully saturated rings. The van der Waals surface area contributed by atoms with E-state index in [2.05, 4.69) is 0 Å². The summed E-state index contributed by atoms with van der Waals surface area (Å²) in [7, 11) is 0. The van der Waals surface area contributed by atoms with Gasteiger partial charge in [-0.2, -0.15) is 0 Å². The second-order valence-electron chi connectivity index (χ2n) is 5.51. The van der Waals surface area contributed by atoms with Crippen LogP contribution >= 0.6 is 11.3 Å². The largest absolute Gasteiger partial charge is 0.374 e. The lowest BCUT2D eigenvalue weighted by Crippen LogP contribution is -2.46. The topological polar surface area (TPSA) is 29.5 Å². The molecule has 1 saturated heterocycles. The molecule has 1 atom stereocenters. The third-order valence-electron chi connectivity index (χ3n) is 3.83. The molecule has 1 unspecified atom stereocenters. The molecule has 0 saturated carbocycles. The standard InChI is InChI=1S/C17H18FNO2S/c1-12-5-8-22-16(12)17(20)19-6-7-21-15(11-19)10-13-3-2-4-14(18)9-13/h2-5,8-9,15H,6-7,10-11H2,1H3. The van der Waals surface area contributed by atoms with E-state index < -0.39 is 0 Å². The Morgan fingerprint density at radius 3 is 3.05 bits per heavy atom. The van der Waals surface area contributed by atoms with Crippen LogP contribution in [0.15, 0.2) is 35.7 Å². The van der Waals surface area contributed by atoms with E-state index in [1.807, 2.05) is 29.3 Å². The molecular weight excluding hydrogens is 301 g/mol. The fourth-order valence-corrected chi connectivity index (χ4v) is 3.58. The average Bonchev–Trinajstić information content (AvgIpc) is 2.93. The number of hydrogen-bond acceptors (Lipinski definition) is 3. The zero-order valence-electron chi connectivity index (χ0n) is 12.4. The molecule has 1 amide bonds. The Morgan fingerprint density at radius 2 is 2.32 bits per heavy atom. The molecule has 22 heavy (non-hydrogen) atoms. The second-order valence-corrected chi connectivity index (χ2v) is 6.43. The first-order valence-electron chi connectivity index (χ1n) is 7.33. The minimum absolute atomic E-state index is 0.0695. The van der Waals surface area contributed by atoms with E-state index in [4.69, 9.17) is 4.74 Å². The summed E-state index contributed by atoms with van der Waals surface area (Å²) in [4.78, 5) is 15.2. The monoisotopic (exact) mass is 319 g/mol. The third kappa shape index (κ3) is 3.36. The number of morpholine rings is 1.